The van der Waals surface area contributed by atoms with Crippen LogP contribution in [-0.4, -0.2) is 41.2 Å². The lowest BCUT2D eigenvalue weighted by Crippen LogP contribution is -2.48. The molecular weight excluding hydrogens is 300 g/mol. The molecular formula is C16H24N2O3S. The number of aliphatic carboxylic acids is 1. The Bertz CT molecular complexity index is 468. The number of aryl methyl sites for hydroxylation is 1. The van der Waals surface area contributed by atoms with E-state index in [1.807, 2.05) is 31.4 Å². The van der Waals surface area contributed by atoms with Gasteiger partial charge in [0.15, 0.2) is 0 Å². The first-order chi connectivity index (χ1) is 10.5. The van der Waals surface area contributed by atoms with Crippen LogP contribution >= 0.6 is 11.8 Å². The summed E-state index contributed by atoms with van der Waals surface area (Å²) in [6.45, 7) is 1.92. The molecule has 5 nitrogen and oxygen atoms in total. The lowest BCUT2D eigenvalue weighted by molar-refractivity contribution is -0.139. The van der Waals surface area contributed by atoms with Crippen LogP contribution in [0.5, 0.6) is 0 Å². The number of carbonyl (C=O) groups is 2. The molecule has 0 fully saturated rings. The summed E-state index contributed by atoms with van der Waals surface area (Å²) in [6, 6.07) is 8.77. The molecule has 0 unspecified atom stereocenters. The van der Waals surface area contributed by atoms with Gasteiger partial charge in [0.2, 0.25) is 0 Å². The number of thioether (sulfide) groups is 1. The van der Waals surface area contributed by atoms with E-state index in [-0.39, 0.29) is 6.04 Å². The van der Waals surface area contributed by atoms with E-state index in [0.29, 0.717) is 12.2 Å². The van der Waals surface area contributed by atoms with Crippen LogP contribution in [0.25, 0.3) is 0 Å². The predicted octanol–water partition coefficient (Wildman–Crippen LogP) is 2.51. The van der Waals surface area contributed by atoms with Crippen molar-refractivity contribution in [1.29, 1.82) is 0 Å². The molecule has 1 rings (SSSR count). The number of benzene rings is 1. The predicted molar refractivity (Wildman–Crippen MR) is 90.3 cm³/mol. The summed E-state index contributed by atoms with van der Waals surface area (Å²) in [4.78, 5) is 22.9. The summed E-state index contributed by atoms with van der Waals surface area (Å²) in [7, 11) is 0. The average Bonchev–Trinajstić information content (AvgIpc) is 2.50. The van der Waals surface area contributed by atoms with E-state index >= 15 is 0 Å². The molecule has 22 heavy (non-hydrogen) atoms. The van der Waals surface area contributed by atoms with Crippen molar-refractivity contribution in [2.75, 3.05) is 12.0 Å². The van der Waals surface area contributed by atoms with E-state index in [9.17, 15) is 9.59 Å². The molecule has 0 aliphatic carbocycles. The van der Waals surface area contributed by atoms with Gasteiger partial charge in [-0.2, -0.15) is 11.8 Å². The standard InChI is InChI=1S/C16H24N2O3S/c1-12(8-9-13-6-4-3-5-7-13)17-16(21)18-14(15(19)20)10-11-22-2/h3-7,12,14H,8-11H2,1-2H3,(H,19,20)(H2,17,18,21)/t12-,14-/m0/s1. The van der Waals surface area contributed by atoms with Crippen LogP contribution in [-0.2, 0) is 11.2 Å². The first-order valence-corrected chi connectivity index (χ1v) is 8.75. The molecule has 0 aliphatic rings. The Balaban J connectivity index is 2.34. The van der Waals surface area contributed by atoms with Crippen molar-refractivity contribution in [1.82, 2.24) is 10.6 Å². The third kappa shape index (κ3) is 7.36. The van der Waals surface area contributed by atoms with Crippen molar-refractivity contribution < 1.29 is 14.7 Å². The van der Waals surface area contributed by atoms with Crippen LogP contribution in [0.3, 0.4) is 0 Å². The minimum atomic E-state index is -0.999. The molecule has 0 saturated heterocycles. The monoisotopic (exact) mass is 324 g/mol. The Morgan fingerprint density at radius 2 is 1.86 bits per heavy atom. The topological polar surface area (TPSA) is 78.4 Å². The summed E-state index contributed by atoms with van der Waals surface area (Å²) < 4.78 is 0. The summed E-state index contributed by atoms with van der Waals surface area (Å²) in [5.74, 6) is -0.304. The second-order valence-electron chi connectivity index (χ2n) is 5.22. The highest BCUT2D eigenvalue weighted by Crippen LogP contribution is 2.05. The fourth-order valence-corrected chi connectivity index (χ4v) is 2.49. The van der Waals surface area contributed by atoms with Gasteiger partial charge in [-0.3, -0.25) is 0 Å². The van der Waals surface area contributed by atoms with Crippen molar-refractivity contribution in [2.24, 2.45) is 0 Å². The third-order valence-electron chi connectivity index (χ3n) is 3.30. The maximum absolute atomic E-state index is 11.9. The number of nitrogens with one attached hydrogen (secondary N) is 2. The van der Waals surface area contributed by atoms with Gasteiger partial charge < -0.3 is 15.7 Å². The number of urea groups is 1. The van der Waals surface area contributed by atoms with Gasteiger partial charge in [-0.05, 0) is 43.8 Å². The van der Waals surface area contributed by atoms with Crippen molar-refractivity contribution >= 4 is 23.8 Å². The minimum Gasteiger partial charge on any atom is -0.480 e. The van der Waals surface area contributed by atoms with Gasteiger partial charge in [0, 0.05) is 6.04 Å². The number of carbonyl (C=O) groups excluding carboxylic acids is 1. The highest BCUT2D eigenvalue weighted by atomic mass is 32.2. The van der Waals surface area contributed by atoms with Gasteiger partial charge in [-0.15, -0.1) is 0 Å². The molecule has 1 aromatic carbocycles. The number of amides is 2. The molecule has 0 aromatic heterocycles. The van der Waals surface area contributed by atoms with Gasteiger partial charge in [0.1, 0.15) is 6.04 Å². The molecule has 0 bridgehead atoms. The number of carboxylic acids is 1. The summed E-state index contributed by atoms with van der Waals surface area (Å²) in [5, 5.41) is 14.4. The molecule has 2 amide bonds. The molecule has 0 aliphatic heterocycles. The van der Waals surface area contributed by atoms with Crippen molar-refractivity contribution in [2.45, 2.75) is 38.3 Å². The van der Waals surface area contributed by atoms with Gasteiger partial charge in [0.05, 0.1) is 0 Å². The highest BCUT2D eigenvalue weighted by molar-refractivity contribution is 7.98. The Labute approximate surface area is 135 Å². The zero-order valence-corrected chi connectivity index (χ0v) is 13.9. The van der Waals surface area contributed by atoms with Gasteiger partial charge in [0.25, 0.3) is 0 Å². The third-order valence-corrected chi connectivity index (χ3v) is 3.94. The van der Waals surface area contributed by atoms with Crippen LogP contribution in [0.4, 0.5) is 4.79 Å². The smallest absolute Gasteiger partial charge is 0.326 e. The van der Waals surface area contributed by atoms with Gasteiger partial charge in [-0.25, -0.2) is 9.59 Å². The maximum Gasteiger partial charge on any atom is 0.326 e. The van der Waals surface area contributed by atoms with Crippen molar-refractivity contribution in [3.63, 3.8) is 0 Å². The van der Waals surface area contributed by atoms with E-state index in [1.165, 1.54) is 5.56 Å². The summed E-state index contributed by atoms with van der Waals surface area (Å²) in [5.41, 5.74) is 1.22. The van der Waals surface area contributed by atoms with Crippen molar-refractivity contribution in [3.05, 3.63) is 35.9 Å². The Kier molecular flexibility index (Phi) is 8.43. The van der Waals surface area contributed by atoms with E-state index in [1.54, 1.807) is 11.8 Å². The minimum absolute atomic E-state index is 0.0183. The Hall–Kier alpha value is -1.69. The second-order valence-corrected chi connectivity index (χ2v) is 6.20. The van der Waals surface area contributed by atoms with E-state index in [2.05, 4.69) is 22.8 Å². The van der Waals surface area contributed by atoms with E-state index in [0.717, 1.165) is 12.8 Å². The quantitative estimate of drug-likeness (QED) is 0.652. The van der Waals surface area contributed by atoms with Gasteiger partial charge >= 0.3 is 12.0 Å². The molecule has 122 valence electrons. The fraction of sp³-hybridized carbons (Fsp3) is 0.500. The molecule has 0 radical (unpaired) electrons. The number of hydrogen-bond acceptors (Lipinski definition) is 3. The lowest BCUT2D eigenvalue weighted by atomic mass is 10.1. The van der Waals surface area contributed by atoms with Crippen LogP contribution in [0.15, 0.2) is 30.3 Å². The van der Waals surface area contributed by atoms with E-state index in [4.69, 9.17) is 5.11 Å². The Morgan fingerprint density at radius 3 is 2.45 bits per heavy atom. The van der Waals surface area contributed by atoms with Crippen LogP contribution in [0.1, 0.15) is 25.3 Å². The normalized spacial score (nSPS) is 13.2. The van der Waals surface area contributed by atoms with Crippen LogP contribution < -0.4 is 10.6 Å². The maximum atomic E-state index is 11.9. The first-order valence-electron chi connectivity index (χ1n) is 7.35. The zero-order valence-electron chi connectivity index (χ0n) is 13.0. The SMILES string of the molecule is CSCC[C@H](NC(=O)N[C@@H](C)CCc1ccccc1)C(=O)O. The molecule has 0 spiro atoms. The number of carboxylic acid groups (broad SMARTS) is 1. The lowest BCUT2D eigenvalue weighted by Gasteiger charge is -2.18. The molecule has 6 heteroatoms. The van der Waals surface area contributed by atoms with E-state index < -0.39 is 18.0 Å². The largest absolute Gasteiger partial charge is 0.480 e. The summed E-state index contributed by atoms with van der Waals surface area (Å²) in [6.07, 6.45) is 4.00. The van der Waals surface area contributed by atoms with Gasteiger partial charge in [-0.1, -0.05) is 30.3 Å². The van der Waals surface area contributed by atoms with Crippen molar-refractivity contribution in [3.8, 4) is 0 Å². The Morgan fingerprint density at radius 1 is 1.18 bits per heavy atom. The fourth-order valence-electron chi connectivity index (χ4n) is 2.02. The highest BCUT2D eigenvalue weighted by Gasteiger charge is 2.19. The van der Waals surface area contributed by atoms with Crippen LogP contribution in [0.2, 0.25) is 0 Å². The average molecular weight is 324 g/mol. The summed E-state index contributed by atoms with van der Waals surface area (Å²) >= 11 is 1.56. The second kappa shape index (κ2) is 10.1. The molecule has 0 saturated carbocycles. The number of rotatable bonds is 9. The van der Waals surface area contributed by atoms with Crippen LogP contribution in [0, 0.1) is 0 Å². The molecule has 0 heterocycles. The molecule has 2 atom stereocenters. The molecule has 1 aromatic rings. The molecule has 3 N–H and O–H groups in total. The first kappa shape index (κ1) is 18.4. The number of hydrogen-bond donors (Lipinski definition) is 3. The zero-order chi connectivity index (χ0) is 16.4.